The van der Waals surface area contributed by atoms with Gasteiger partial charge >= 0.3 is 0 Å². The minimum atomic E-state index is 1.05. The highest BCUT2D eigenvalue weighted by Crippen LogP contribution is 2.45. The van der Waals surface area contributed by atoms with Gasteiger partial charge in [0.2, 0.25) is 0 Å². The SMILES string of the molecule is c1ccc(-c2c3ccccc3c(-c3ccccc3)c3cc(-c4nccc5c4sc4ccccc45)ccc23)cc1. The standard InChI is InChI=1S/C37H23NS/c1-3-11-24(12-4-1)34-28-16-7-8-17-29(28)35(25-13-5-2-6-14-25)32-23-26(19-20-30(32)34)36-37-31(21-22-38-36)27-15-9-10-18-33(27)39-37/h1-23H. The number of pyridine rings is 1. The van der Waals surface area contributed by atoms with Crippen LogP contribution in [0.3, 0.4) is 0 Å². The second-order valence-electron chi connectivity index (χ2n) is 9.92. The van der Waals surface area contributed by atoms with Gasteiger partial charge in [-0.25, -0.2) is 0 Å². The van der Waals surface area contributed by atoms with E-state index >= 15 is 0 Å². The molecule has 2 aromatic heterocycles. The van der Waals surface area contributed by atoms with E-state index in [1.165, 1.54) is 64.0 Å². The third-order valence-electron chi connectivity index (χ3n) is 7.72. The van der Waals surface area contributed by atoms with Gasteiger partial charge in [0.1, 0.15) is 0 Å². The van der Waals surface area contributed by atoms with Crippen molar-refractivity contribution in [1.82, 2.24) is 4.98 Å². The predicted molar refractivity (Wildman–Crippen MR) is 168 cm³/mol. The first-order valence-corrected chi connectivity index (χ1v) is 14.0. The fourth-order valence-corrected chi connectivity index (χ4v) is 7.22. The summed E-state index contributed by atoms with van der Waals surface area (Å²) in [6.07, 6.45) is 1.95. The van der Waals surface area contributed by atoms with E-state index in [0.717, 1.165) is 11.3 Å². The predicted octanol–water partition coefficient (Wildman–Crippen LogP) is 10.8. The summed E-state index contributed by atoms with van der Waals surface area (Å²) >= 11 is 1.83. The Bertz CT molecular complexity index is 2160. The van der Waals surface area contributed by atoms with Crippen LogP contribution in [0.5, 0.6) is 0 Å². The molecule has 8 rings (SSSR count). The highest BCUT2D eigenvalue weighted by Gasteiger charge is 2.18. The number of benzene rings is 6. The van der Waals surface area contributed by atoms with Crippen LogP contribution in [0.15, 0.2) is 140 Å². The van der Waals surface area contributed by atoms with Crippen molar-refractivity contribution in [1.29, 1.82) is 0 Å². The third-order valence-corrected chi connectivity index (χ3v) is 8.91. The van der Waals surface area contributed by atoms with Crippen LogP contribution in [0.25, 0.3) is 75.2 Å². The van der Waals surface area contributed by atoms with Crippen LogP contribution >= 0.6 is 11.3 Å². The first kappa shape index (κ1) is 22.2. The van der Waals surface area contributed by atoms with Gasteiger partial charge in [-0.15, -0.1) is 11.3 Å². The molecule has 0 aliphatic heterocycles. The van der Waals surface area contributed by atoms with Crippen LogP contribution in [-0.4, -0.2) is 4.98 Å². The molecular formula is C37H23NS. The van der Waals surface area contributed by atoms with Crippen molar-refractivity contribution in [2.24, 2.45) is 0 Å². The monoisotopic (exact) mass is 513 g/mol. The summed E-state index contributed by atoms with van der Waals surface area (Å²) in [6.45, 7) is 0. The average molecular weight is 514 g/mol. The lowest BCUT2D eigenvalue weighted by molar-refractivity contribution is 1.37. The zero-order valence-corrected chi connectivity index (χ0v) is 22.0. The minimum absolute atomic E-state index is 1.05. The maximum Gasteiger partial charge on any atom is 0.0880 e. The van der Waals surface area contributed by atoms with Crippen molar-refractivity contribution in [3.8, 4) is 33.5 Å². The van der Waals surface area contributed by atoms with Crippen LogP contribution in [0.2, 0.25) is 0 Å². The third kappa shape index (κ3) is 3.49. The van der Waals surface area contributed by atoms with Crippen LogP contribution in [0.1, 0.15) is 0 Å². The molecule has 0 radical (unpaired) electrons. The van der Waals surface area contributed by atoms with Crippen LogP contribution < -0.4 is 0 Å². The molecule has 0 unspecified atom stereocenters. The van der Waals surface area contributed by atoms with E-state index in [9.17, 15) is 0 Å². The molecule has 1 nitrogen and oxygen atoms in total. The molecule has 0 N–H and O–H groups in total. The van der Waals surface area contributed by atoms with Gasteiger partial charge in [-0.3, -0.25) is 4.98 Å². The summed E-state index contributed by atoms with van der Waals surface area (Å²) in [4.78, 5) is 4.93. The molecule has 0 spiro atoms. The Morgan fingerprint density at radius 3 is 1.67 bits per heavy atom. The van der Waals surface area contributed by atoms with Crippen molar-refractivity contribution in [2.45, 2.75) is 0 Å². The van der Waals surface area contributed by atoms with Gasteiger partial charge in [0.15, 0.2) is 0 Å². The molecule has 0 saturated carbocycles. The van der Waals surface area contributed by atoms with Crippen LogP contribution in [-0.2, 0) is 0 Å². The van der Waals surface area contributed by atoms with E-state index in [2.05, 4.69) is 133 Å². The Kier molecular flexibility index (Phi) is 5.07. The first-order chi connectivity index (χ1) is 19.4. The van der Waals surface area contributed by atoms with Crippen LogP contribution in [0, 0.1) is 0 Å². The summed E-state index contributed by atoms with van der Waals surface area (Å²) in [5.41, 5.74) is 7.20. The van der Waals surface area contributed by atoms with Crippen molar-refractivity contribution < 1.29 is 0 Å². The fraction of sp³-hybridized carbons (Fsp3) is 0. The molecule has 8 aromatic rings. The van der Waals surface area contributed by atoms with Crippen LogP contribution in [0.4, 0.5) is 0 Å². The van der Waals surface area contributed by atoms with Gasteiger partial charge in [-0.1, -0.05) is 115 Å². The topological polar surface area (TPSA) is 12.9 Å². The van der Waals surface area contributed by atoms with Gasteiger partial charge < -0.3 is 0 Å². The van der Waals surface area contributed by atoms with Gasteiger partial charge in [-0.2, -0.15) is 0 Å². The Hall–Kier alpha value is -4.79. The number of rotatable bonds is 3. The lowest BCUT2D eigenvalue weighted by Gasteiger charge is -2.18. The Morgan fingerprint density at radius 2 is 0.974 bits per heavy atom. The molecule has 2 heterocycles. The Morgan fingerprint density at radius 1 is 0.410 bits per heavy atom. The number of hydrogen-bond donors (Lipinski definition) is 0. The summed E-state index contributed by atoms with van der Waals surface area (Å²) in [5, 5.41) is 7.60. The molecular weight excluding hydrogens is 490 g/mol. The molecule has 0 aliphatic carbocycles. The summed E-state index contributed by atoms with van der Waals surface area (Å²) < 4.78 is 2.54. The Balaban J connectivity index is 1.51. The largest absolute Gasteiger partial charge is 0.255 e. The second kappa shape index (κ2) is 8.90. The maximum atomic E-state index is 4.93. The molecule has 182 valence electrons. The van der Waals surface area contributed by atoms with Crippen molar-refractivity contribution in [3.05, 3.63) is 140 Å². The fourth-order valence-electron chi connectivity index (χ4n) is 6.01. The molecule has 0 atom stereocenters. The summed E-state index contributed by atoms with van der Waals surface area (Å²) in [5.74, 6) is 0. The van der Waals surface area contributed by atoms with E-state index < -0.39 is 0 Å². The molecule has 2 heteroatoms. The maximum absolute atomic E-state index is 4.93. The lowest BCUT2D eigenvalue weighted by atomic mass is 9.85. The van der Waals surface area contributed by atoms with E-state index in [0.29, 0.717) is 0 Å². The molecule has 0 aliphatic rings. The lowest BCUT2D eigenvalue weighted by Crippen LogP contribution is -1.92. The van der Waals surface area contributed by atoms with Crippen molar-refractivity contribution in [3.63, 3.8) is 0 Å². The van der Waals surface area contributed by atoms with Crippen molar-refractivity contribution in [2.75, 3.05) is 0 Å². The van der Waals surface area contributed by atoms with E-state index in [-0.39, 0.29) is 0 Å². The zero-order chi connectivity index (χ0) is 25.8. The van der Waals surface area contributed by atoms with E-state index in [1.54, 1.807) is 0 Å². The number of fused-ring (bicyclic) bond motifs is 5. The van der Waals surface area contributed by atoms with Crippen molar-refractivity contribution >= 4 is 53.1 Å². The first-order valence-electron chi connectivity index (χ1n) is 13.2. The quantitative estimate of drug-likeness (QED) is 0.214. The van der Waals surface area contributed by atoms with Gasteiger partial charge in [0.05, 0.1) is 10.4 Å². The molecule has 0 saturated heterocycles. The average Bonchev–Trinajstić information content (AvgIpc) is 3.39. The summed E-state index contributed by atoms with van der Waals surface area (Å²) in [6, 6.07) is 48.1. The second-order valence-corrected chi connectivity index (χ2v) is 11.0. The summed E-state index contributed by atoms with van der Waals surface area (Å²) in [7, 11) is 0. The molecule has 39 heavy (non-hydrogen) atoms. The number of nitrogens with zero attached hydrogens (tertiary/aromatic N) is 1. The molecule has 6 aromatic carbocycles. The van der Waals surface area contributed by atoms with E-state index in [1.807, 2.05) is 17.5 Å². The zero-order valence-electron chi connectivity index (χ0n) is 21.1. The smallest absolute Gasteiger partial charge is 0.0880 e. The number of thiophene rings is 1. The Labute approximate surface area is 230 Å². The van der Waals surface area contributed by atoms with Gasteiger partial charge in [0, 0.05) is 27.2 Å². The number of aromatic nitrogens is 1. The highest BCUT2D eigenvalue weighted by atomic mass is 32.1. The normalized spacial score (nSPS) is 11.6. The molecule has 0 bridgehead atoms. The van der Waals surface area contributed by atoms with Gasteiger partial charge in [0.25, 0.3) is 0 Å². The molecule has 0 fully saturated rings. The van der Waals surface area contributed by atoms with Gasteiger partial charge in [-0.05, 0) is 62.0 Å². The van der Waals surface area contributed by atoms with E-state index in [4.69, 9.17) is 4.98 Å². The molecule has 0 amide bonds. The number of hydrogen-bond acceptors (Lipinski definition) is 2. The minimum Gasteiger partial charge on any atom is -0.255 e. The highest BCUT2D eigenvalue weighted by molar-refractivity contribution is 7.26.